The highest BCUT2D eigenvalue weighted by molar-refractivity contribution is 8.00. The van der Waals surface area contributed by atoms with E-state index in [9.17, 15) is 44.1 Å². The number of rotatable bonds is 14. The zero-order chi connectivity index (χ0) is 36.8. The molecule has 4 aliphatic rings. The standard InChI is InChI=1S/C33H38N6O10S2/c1-3-26(31(45)46)49-37-27(21-14-51-33(34)36-21)24(42)9-19-29(44)38-28(32(47)48)16(13-50-30(19)38)12-39(2)17-4-5-18(39)7-15(6-17)8-22(40)20-10-23(41)25(43)11-35-20/h10-11,14-15,17-19,26,30H,3-9,12-13H2,1-2H3,(H5-,34,35,36,37,40,41,42,43,45,46,47,48)/p-1/t15?,17-,18+,19-,26+,30-,39?/m1/s1. The lowest BCUT2D eigenvalue weighted by Crippen LogP contribution is -2.64. The number of β-lactam (4-membered cyclic amide) rings is 1. The number of piperidine rings is 1. The average molecular weight is 742 g/mol. The molecule has 0 radical (unpaired) electrons. The van der Waals surface area contributed by atoms with Crippen LogP contribution in [-0.4, -0.2) is 102 Å². The van der Waals surface area contributed by atoms with Gasteiger partial charge in [0.15, 0.2) is 34.3 Å². The SMILES string of the molecule is CC[C@H](O/N=C(\C(=O)C[C@@H]1C(=O)N2C(C(=O)[O-])=C(C[N+]3(C)[C@@H]4CC[C@H]3CC(CC(=O)c3cc(=O)c(O)c[nH]3)C4)CS[C@H]12)c1csc(N)n1)C(=O)[O-]. The number of thioether (sulfide) groups is 1. The summed E-state index contributed by atoms with van der Waals surface area (Å²) in [5.74, 6) is -5.35. The lowest BCUT2D eigenvalue weighted by molar-refractivity contribution is -0.945. The van der Waals surface area contributed by atoms with Crippen molar-refractivity contribution in [2.24, 2.45) is 17.0 Å². The van der Waals surface area contributed by atoms with Gasteiger partial charge in [-0.3, -0.25) is 24.1 Å². The molecule has 0 saturated carbocycles. The van der Waals surface area contributed by atoms with Crippen LogP contribution in [0, 0.1) is 11.8 Å². The molecular weight excluding hydrogens is 705 g/mol. The zero-order valence-electron chi connectivity index (χ0n) is 27.9. The number of thiazole rings is 1. The number of nitrogens with one attached hydrogen (secondary N) is 1. The van der Waals surface area contributed by atoms with Gasteiger partial charge in [0.25, 0.3) is 0 Å². The van der Waals surface area contributed by atoms with E-state index in [-0.39, 0.29) is 71.0 Å². The molecule has 3 saturated heterocycles. The molecule has 4 N–H and O–H groups in total. The number of nitrogen functional groups attached to an aromatic ring is 1. The van der Waals surface area contributed by atoms with E-state index in [0.29, 0.717) is 22.4 Å². The van der Waals surface area contributed by atoms with Crippen LogP contribution in [0.3, 0.4) is 0 Å². The fraction of sp³-hybridized carbons (Fsp3) is 0.515. The summed E-state index contributed by atoms with van der Waals surface area (Å²) in [5, 5.41) is 38.2. The highest BCUT2D eigenvalue weighted by atomic mass is 32.2. The van der Waals surface area contributed by atoms with Crippen LogP contribution >= 0.6 is 23.1 Å². The van der Waals surface area contributed by atoms with Gasteiger partial charge in [-0.25, -0.2) is 4.98 Å². The average Bonchev–Trinajstić information content (AvgIpc) is 3.55. The van der Waals surface area contributed by atoms with Gasteiger partial charge < -0.3 is 44.9 Å². The summed E-state index contributed by atoms with van der Waals surface area (Å²) in [6.45, 7) is 1.92. The summed E-state index contributed by atoms with van der Waals surface area (Å²) in [5.41, 5.74) is 5.41. The molecule has 2 unspecified atom stereocenters. The fourth-order valence-electron chi connectivity index (χ4n) is 7.95. The number of amides is 1. The van der Waals surface area contributed by atoms with Crippen molar-refractivity contribution in [1.29, 1.82) is 0 Å². The quantitative estimate of drug-likeness (QED) is 0.0729. The summed E-state index contributed by atoms with van der Waals surface area (Å²) in [7, 11) is 2.09. The summed E-state index contributed by atoms with van der Waals surface area (Å²) in [4.78, 5) is 88.8. The lowest BCUT2D eigenvalue weighted by atomic mass is 9.84. The number of carboxylic acids is 2. The number of nitrogens with zero attached hydrogens (tertiary/aromatic N) is 4. The Balaban J connectivity index is 1.15. The molecule has 7 atom stereocenters. The molecule has 4 aliphatic heterocycles. The van der Waals surface area contributed by atoms with Crippen molar-refractivity contribution in [1.82, 2.24) is 14.9 Å². The van der Waals surface area contributed by atoms with Crippen LogP contribution in [-0.2, 0) is 24.0 Å². The molecule has 3 fully saturated rings. The second-order valence-corrected chi connectivity index (χ2v) is 15.7. The van der Waals surface area contributed by atoms with E-state index in [2.05, 4.69) is 22.2 Å². The molecule has 6 rings (SSSR count). The number of anilines is 1. The van der Waals surface area contributed by atoms with Crippen LogP contribution in [0.25, 0.3) is 0 Å². The number of carbonyl (C=O) groups excluding carboxylic acids is 5. The number of hydrogen-bond acceptors (Lipinski definition) is 15. The van der Waals surface area contributed by atoms with Crippen molar-refractivity contribution < 1.29 is 48.6 Å². The first-order chi connectivity index (χ1) is 24.2. The minimum Gasteiger partial charge on any atom is -0.546 e. The number of likely N-dealkylation sites (N-methyl/N-ethyl adjacent to an activating group) is 1. The molecule has 51 heavy (non-hydrogen) atoms. The molecule has 0 aliphatic carbocycles. The summed E-state index contributed by atoms with van der Waals surface area (Å²) < 4.78 is 0.573. The number of aromatic amines is 1. The third-order valence-electron chi connectivity index (χ3n) is 10.6. The summed E-state index contributed by atoms with van der Waals surface area (Å²) in [6, 6.07) is 1.41. The molecule has 2 bridgehead atoms. The van der Waals surface area contributed by atoms with Gasteiger partial charge in [0.2, 0.25) is 11.3 Å². The van der Waals surface area contributed by atoms with E-state index in [1.165, 1.54) is 22.0 Å². The minimum absolute atomic E-state index is 0.0194. The first kappa shape index (κ1) is 36.2. The number of aromatic nitrogens is 2. The second-order valence-electron chi connectivity index (χ2n) is 13.7. The number of ketones is 2. The molecule has 16 nitrogen and oxygen atoms in total. The van der Waals surface area contributed by atoms with Crippen molar-refractivity contribution >= 4 is 63.4 Å². The largest absolute Gasteiger partial charge is 0.546 e. The van der Waals surface area contributed by atoms with E-state index in [4.69, 9.17) is 10.6 Å². The van der Waals surface area contributed by atoms with Gasteiger partial charge in [0, 0.05) is 67.5 Å². The van der Waals surface area contributed by atoms with Crippen LogP contribution in [0.4, 0.5) is 5.13 Å². The van der Waals surface area contributed by atoms with Crippen LogP contribution < -0.4 is 21.4 Å². The van der Waals surface area contributed by atoms with Gasteiger partial charge in [0.1, 0.15) is 12.2 Å². The number of nitrogens with two attached hydrogens (primary N) is 1. The number of fused-ring (bicyclic) bond motifs is 3. The molecule has 0 aromatic carbocycles. The van der Waals surface area contributed by atoms with Crippen molar-refractivity contribution in [3.63, 3.8) is 0 Å². The molecule has 1 amide bonds. The smallest absolute Gasteiger partial charge is 0.234 e. The monoisotopic (exact) mass is 741 g/mol. The first-order valence-corrected chi connectivity index (χ1v) is 18.5. The Morgan fingerprint density at radius 2 is 1.90 bits per heavy atom. The number of quaternary nitrogens is 1. The maximum Gasteiger partial charge on any atom is 0.234 e. The number of carboxylic acid groups (broad SMARTS) is 2. The molecule has 272 valence electrons. The van der Waals surface area contributed by atoms with E-state index in [1.54, 1.807) is 6.92 Å². The number of oxime groups is 1. The Bertz CT molecular complexity index is 1890. The van der Waals surface area contributed by atoms with Gasteiger partial charge in [-0.1, -0.05) is 12.1 Å². The van der Waals surface area contributed by atoms with Crippen molar-refractivity contribution in [3.8, 4) is 5.75 Å². The van der Waals surface area contributed by atoms with Crippen molar-refractivity contribution in [2.45, 2.75) is 75.4 Å². The number of aliphatic carboxylic acids is 2. The Labute approximate surface area is 299 Å². The third kappa shape index (κ3) is 6.91. The maximum atomic E-state index is 13.5. The third-order valence-corrected chi connectivity index (χ3v) is 12.7. The highest BCUT2D eigenvalue weighted by Gasteiger charge is 2.56. The summed E-state index contributed by atoms with van der Waals surface area (Å²) >= 11 is 2.40. The van der Waals surface area contributed by atoms with E-state index in [1.807, 2.05) is 0 Å². The lowest BCUT2D eigenvalue weighted by Gasteiger charge is -2.53. The molecule has 0 spiro atoms. The molecule has 2 aromatic rings. The van der Waals surface area contributed by atoms with Crippen molar-refractivity contribution in [2.75, 3.05) is 25.1 Å². The normalized spacial score (nSPS) is 27.8. The Morgan fingerprint density at radius 3 is 2.49 bits per heavy atom. The van der Waals surface area contributed by atoms with Gasteiger partial charge >= 0.3 is 0 Å². The molecule has 18 heteroatoms. The first-order valence-electron chi connectivity index (χ1n) is 16.6. The Kier molecular flexibility index (Phi) is 10.1. The van der Waals surface area contributed by atoms with Gasteiger partial charge in [0.05, 0.1) is 53.8 Å². The maximum absolute atomic E-state index is 13.5. The number of hydrogen-bond donors (Lipinski definition) is 3. The topological polar surface area (TPSA) is 248 Å². The van der Waals surface area contributed by atoms with E-state index in [0.717, 1.165) is 49.3 Å². The van der Waals surface area contributed by atoms with Gasteiger partial charge in [-0.15, -0.1) is 23.1 Å². The van der Waals surface area contributed by atoms with E-state index >= 15 is 0 Å². The highest BCUT2D eigenvalue weighted by Crippen LogP contribution is 2.49. The van der Waals surface area contributed by atoms with Crippen molar-refractivity contribution in [3.05, 3.63) is 50.5 Å². The molecular formula is C33H37N6O10S2-. The van der Waals surface area contributed by atoms with Gasteiger partial charge in [-0.05, 0) is 12.3 Å². The Hall–Kier alpha value is -4.55. The second kappa shape index (κ2) is 14.2. The van der Waals surface area contributed by atoms with E-state index < -0.39 is 52.2 Å². The predicted octanol–water partition coefficient (Wildman–Crippen LogP) is -0.476. The fourth-order valence-corrected chi connectivity index (χ4v) is 9.90. The van der Waals surface area contributed by atoms with Crippen LogP contribution in [0.1, 0.15) is 68.1 Å². The molecule has 2 aromatic heterocycles. The van der Waals surface area contributed by atoms with Crippen LogP contribution in [0.5, 0.6) is 5.75 Å². The van der Waals surface area contributed by atoms with Crippen LogP contribution in [0.2, 0.25) is 0 Å². The number of pyridine rings is 1. The predicted molar refractivity (Wildman–Crippen MR) is 180 cm³/mol. The van der Waals surface area contributed by atoms with Crippen LogP contribution in [0.15, 0.2) is 38.9 Å². The zero-order valence-corrected chi connectivity index (χ0v) is 29.5. The minimum atomic E-state index is -1.51. The number of Topliss-reactive ketones (excluding diaryl/α,β-unsaturated/α-hetero) is 2. The Morgan fingerprint density at radius 1 is 1.20 bits per heavy atom. The summed E-state index contributed by atoms with van der Waals surface area (Å²) in [6.07, 6.45) is 2.87. The number of carbonyl (C=O) groups is 5. The van der Waals surface area contributed by atoms with Gasteiger partial charge in [-0.2, -0.15) is 0 Å². The number of H-pyrrole nitrogens is 1. The number of aromatic hydroxyl groups is 1. The molecule has 6 heterocycles.